The second-order valence-electron chi connectivity index (χ2n) is 3.59. The van der Waals surface area contributed by atoms with Gasteiger partial charge in [-0.1, -0.05) is 26.6 Å². The molecule has 0 aliphatic heterocycles. The quantitative estimate of drug-likeness (QED) is 0.468. The Morgan fingerprint density at radius 2 is 1.80 bits per heavy atom. The number of nitrogens with one attached hydrogen (secondary N) is 1. The van der Waals surface area contributed by atoms with E-state index in [0.717, 1.165) is 13.0 Å². The summed E-state index contributed by atoms with van der Waals surface area (Å²) in [7, 11) is -0.833. The van der Waals surface area contributed by atoms with Gasteiger partial charge in [-0.3, -0.25) is 0 Å². The van der Waals surface area contributed by atoms with Crippen molar-refractivity contribution < 1.29 is 0 Å². The van der Waals surface area contributed by atoms with Gasteiger partial charge in [0.1, 0.15) is 0 Å². The molecule has 10 heavy (non-hydrogen) atoms. The van der Waals surface area contributed by atoms with Gasteiger partial charge < -0.3 is 5.32 Å². The number of rotatable bonds is 4. The van der Waals surface area contributed by atoms with E-state index in [2.05, 4.69) is 31.9 Å². The average Bonchev–Trinajstić information content (AvgIpc) is 1.63. The average molecular weight is 152 g/mol. The first-order chi connectivity index (χ1) is 4.06. The third-order valence-electron chi connectivity index (χ3n) is 1.01. The van der Waals surface area contributed by atoms with E-state index < -0.39 is 8.07 Å². The van der Waals surface area contributed by atoms with Crippen molar-refractivity contribution in [2.45, 2.75) is 26.1 Å². The number of hydrogen-bond acceptors (Lipinski definition) is 1. The molecular weight excluding hydrogens is 133 g/mol. The molecule has 0 aromatic rings. The fourth-order valence-corrected chi connectivity index (χ4v) is 1.52. The zero-order valence-corrected chi connectivity index (χ0v) is 7.83. The summed E-state index contributed by atoms with van der Waals surface area (Å²) in [5.41, 5.74) is 0. The molecule has 0 spiro atoms. The Bertz CT molecular complexity index is 70.5. The van der Waals surface area contributed by atoms with Gasteiger partial charge in [0.25, 0.3) is 0 Å². The summed E-state index contributed by atoms with van der Waals surface area (Å²) in [6.45, 7) is 11.9. The molecule has 0 atom stereocenters. The third kappa shape index (κ3) is 11.6. The Labute approximate surface area is 78.2 Å². The molecule has 0 rings (SSSR count). The first-order valence-corrected chi connectivity index (χ1v) is 7.27. The molecule has 0 fully saturated rings. The van der Waals surface area contributed by atoms with Gasteiger partial charge in [0.2, 0.25) is 0 Å². The van der Waals surface area contributed by atoms with Gasteiger partial charge in [-0.05, 0) is 19.1 Å². The van der Waals surface area contributed by atoms with Gasteiger partial charge >= 0.3 is 18.9 Å². The van der Waals surface area contributed by atoms with Crippen LogP contribution in [0.3, 0.4) is 0 Å². The minimum atomic E-state index is -0.833. The molecule has 0 aromatic heterocycles. The van der Waals surface area contributed by atoms with Crippen LogP contribution in [0.15, 0.2) is 0 Å². The summed E-state index contributed by atoms with van der Waals surface area (Å²) in [6.07, 6.45) is 2.23. The predicted molar refractivity (Wildman–Crippen MR) is 53.3 cm³/mol. The van der Waals surface area contributed by atoms with E-state index >= 15 is 0 Å². The standard InChI is InChI=1S/C7H18NSi.Li.H/c1-5-6-8-7-9(2,3)4;;/h8H,1,5-7H2,2-4H3;;. The van der Waals surface area contributed by atoms with Crippen molar-refractivity contribution in [1.82, 2.24) is 5.32 Å². The zero-order chi connectivity index (χ0) is 7.33. The van der Waals surface area contributed by atoms with E-state index in [1.54, 1.807) is 0 Å². The molecule has 0 aromatic carbocycles. The maximum atomic E-state index is 3.76. The van der Waals surface area contributed by atoms with E-state index in [1.807, 2.05) is 0 Å². The molecule has 57 valence electrons. The molecule has 0 aliphatic carbocycles. The summed E-state index contributed by atoms with van der Waals surface area (Å²) in [4.78, 5) is 0. The normalized spacial score (nSPS) is 10.8. The summed E-state index contributed by atoms with van der Waals surface area (Å²) in [5.74, 6) is 0. The molecule has 1 N–H and O–H groups in total. The van der Waals surface area contributed by atoms with E-state index in [-0.39, 0.29) is 18.9 Å². The first kappa shape index (κ1) is 13.4. The summed E-state index contributed by atoms with van der Waals surface area (Å²) >= 11 is 0. The van der Waals surface area contributed by atoms with Crippen molar-refractivity contribution >= 4 is 26.9 Å². The van der Waals surface area contributed by atoms with E-state index in [0.29, 0.717) is 0 Å². The Hall–Kier alpha value is 0.774. The molecule has 0 saturated carbocycles. The summed E-state index contributed by atoms with van der Waals surface area (Å²) in [6, 6.07) is 0. The van der Waals surface area contributed by atoms with Crippen molar-refractivity contribution in [1.29, 1.82) is 0 Å². The van der Waals surface area contributed by atoms with Crippen molar-refractivity contribution in [3.63, 3.8) is 0 Å². The molecule has 0 unspecified atom stereocenters. The van der Waals surface area contributed by atoms with E-state index in [1.165, 1.54) is 6.17 Å². The van der Waals surface area contributed by atoms with Gasteiger partial charge in [-0.15, -0.1) is 0 Å². The fourth-order valence-electron chi connectivity index (χ4n) is 0.588. The summed E-state index contributed by atoms with van der Waals surface area (Å²) < 4.78 is 0. The van der Waals surface area contributed by atoms with Crippen LogP contribution in [0.4, 0.5) is 0 Å². The molecule has 3 heteroatoms. The Balaban J connectivity index is 0. The van der Waals surface area contributed by atoms with E-state index in [9.17, 15) is 0 Å². The van der Waals surface area contributed by atoms with Crippen LogP contribution in [0.2, 0.25) is 19.6 Å². The molecular formula is C7H19LiNSi. The predicted octanol–water partition coefficient (Wildman–Crippen LogP) is 1.03. The van der Waals surface area contributed by atoms with Crippen LogP contribution in [0, 0.1) is 6.92 Å². The van der Waals surface area contributed by atoms with Crippen molar-refractivity contribution in [3.8, 4) is 0 Å². The second kappa shape index (κ2) is 6.48. The van der Waals surface area contributed by atoms with E-state index in [4.69, 9.17) is 0 Å². The SMILES string of the molecule is [CH2]CCNC[Si](C)(C)C.[LiH]. The van der Waals surface area contributed by atoms with Crippen LogP contribution >= 0.6 is 0 Å². The second-order valence-corrected chi connectivity index (χ2v) is 9.07. The minimum absolute atomic E-state index is 0. The maximum absolute atomic E-state index is 3.76. The molecule has 1 nitrogen and oxygen atoms in total. The van der Waals surface area contributed by atoms with Gasteiger partial charge in [-0.25, -0.2) is 0 Å². The van der Waals surface area contributed by atoms with Crippen LogP contribution < -0.4 is 5.32 Å². The van der Waals surface area contributed by atoms with Gasteiger partial charge in [0.05, 0.1) is 8.07 Å². The Kier molecular flexibility index (Phi) is 8.67. The van der Waals surface area contributed by atoms with Crippen LogP contribution in [0.25, 0.3) is 0 Å². The molecule has 0 saturated heterocycles. The van der Waals surface area contributed by atoms with Crippen LogP contribution in [-0.4, -0.2) is 39.6 Å². The third-order valence-corrected chi connectivity index (χ3v) is 2.32. The first-order valence-electron chi connectivity index (χ1n) is 3.56. The van der Waals surface area contributed by atoms with Crippen molar-refractivity contribution in [2.24, 2.45) is 0 Å². The monoisotopic (exact) mass is 152 g/mol. The Morgan fingerprint density at radius 3 is 2.10 bits per heavy atom. The molecule has 0 aliphatic rings. The van der Waals surface area contributed by atoms with Crippen molar-refractivity contribution in [3.05, 3.63) is 6.92 Å². The topological polar surface area (TPSA) is 12.0 Å². The molecule has 0 heterocycles. The molecule has 0 bridgehead atoms. The fraction of sp³-hybridized carbons (Fsp3) is 0.857. The van der Waals surface area contributed by atoms with Crippen LogP contribution in [0.5, 0.6) is 0 Å². The number of hydrogen-bond donors (Lipinski definition) is 1. The summed E-state index contributed by atoms with van der Waals surface area (Å²) in [5, 5.41) is 3.37. The van der Waals surface area contributed by atoms with Gasteiger partial charge in [0, 0.05) is 0 Å². The van der Waals surface area contributed by atoms with Crippen LogP contribution in [0.1, 0.15) is 6.42 Å². The molecule has 0 amide bonds. The van der Waals surface area contributed by atoms with Crippen LogP contribution in [-0.2, 0) is 0 Å². The van der Waals surface area contributed by atoms with Crippen molar-refractivity contribution in [2.75, 3.05) is 12.7 Å². The van der Waals surface area contributed by atoms with Gasteiger partial charge in [0.15, 0.2) is 0 Å². The Morgan fingerprint density at radius 1 is 1.30 bits per heavy atom. The van der Waals surface area contributed by atoms with Gasteiger partial charge in [-0.2, -0.15) is 0 Å². The zero-order valence-electron chi connectivity index (χ0n) is 6.83. The molecule has 1 radical (unpaired) electrons.